The largest absolute Gasteiger partial charge is 0.418 e. The minimum atomic E-state index is -4.51. The number of aryl methyl sites for hydroxylation is 1. The lowest BCUT2D eigenvalue weighted by molar-refractivity contribution is -0.137. The van der Waals surface area contributed by atoms with E-state index in [4.69, 9.17) is 11.6 Å². The highest BCUT2D eigenvalue weighted by Gasteiger charge is 2.33. The van der Waals surface area contributed by atoms with Crippen LogP contribution in [0.5, 0.6) is 0 Å². The number of hydrogen-bond donors (Lipinski definition) is 1. The SMILES string of the molecule is O=C(CCNc1ccc(Cl)cc1C(F)(F)F)N1CCCc2ccccc21. The van der Waals surface area contributed by atoms with Crippen molar-refractivity contribution < 1.29 is 18.0 Å². The van der Waals surface area contributed by atoms with Gasteiger partial charge in [-0.2, -0.15) is 13.2 Å². The molecule has 0 atom stereocenters. The molecule has 3 rings (SSSR count). The fourth-order valence-electron chi connectivity index (χ4n) is 3.14. The van der Waals surface area contributed by atoms with Crippen LogP contribution in [-0.4, -0.2) is 19.0 Å². The molecular formula is C19H18ClF3N2O. The molecule has 0 saturated heterocycles. The minimum absolute atomic E-state index is 0.0175. The smallest absolute Gasteiger partial charge is 0.384 e. The van der Waals surface area contributed by atoms with Gasteiger partial charge in [-0.15, -0.1) is 0 Å². The molecule has 0 spiro atoms. The molecule has 2 aromatic rings. The summed E-state index contributed by atoms with van der Waals surface area (Å²) < 4.78 is 39.3. The number of para-hydroxylation sites is 1. The Morgan fingerprint density at radius 3 is 2.73 bits per heavy atom. The van der Waals surface area contributed by atoms with Gasteiger partial charge < -0.3 is 10.2 Å². The van der Waals surface area contributed by atoms with Crippen LogP contribution in [0.4, 0.5) is 24.5 Å². The molecule has 26 heavy (non-hydrogen) atoms. The first-order valence-corrected chi connectivity index (χ1v) is 8.73. The summed E-state index contributed by atoms with van der Waals surface area (Å²) in [5, 5.41) is 2.73. The summed E-state index contributed by atoms with van der Waals surface area (Å²) >= 11 is 5.67. The predicted molar refractivity (Wildman–Crippen MR) is 96.7 cm³/mol. The van der Waals surface area contributed by atoms with Gasteiger partial charge in [0.15, 0.2) is 0 Å². The molecule has 1 N–H and O–H groups in total. The zero-order valence-electron chi connectivity index (χ0n) is 13.9. The first-order chi connectivity index (χ1) is 12.4. The Hall–Kier alpha value is -2.21. The van der Waals surface area contributed by atoms with Crippen LogP contribution in [-0.2, 0) is 17.4 Å². The lowest BCUT2D eigenvalue weighted by Crippen LogP contribution is -2.36. The maximum absolute atomic E-state index is 13.1. The van der Waals surface area contributed by atoms with E-state index in [-0.39, 0.29) is 29.6 Å². The standard InChI is InChI=1S/C19H18ClF3N2O/c20-14-7-8-16(15(12-14)19(21,22)23)24-10-9-18(26)25-11-3-5-13-4-1-2-6-17(13)25/h1-2,4,6-8,12,24H,3,5,9-11H2. The molecule has 0 saturated carbocycles. The third-order valence-electron chi connectivity index (χ3n) is 4.35. The van der Waals surface area contributed by atoms with Crippen molar-refractivity contribution >= 4 is 28.9 Å². The van der Waals surface area contributed by atoms with E-state index < -0.39 is 11.7 Å². The van der Waals surface area contributed by atoms with Crippen molar-refractivity contribution in [3.05, 3.63) is 58.6 Å². The molecule has 3 nitrogen and oxygen atoms in total. The van der Waals surface area contributed by atoms with E-state index in [1.807, 2.05) is 24.3 Å². The fourth-order valence-corrected chi connectivity index (χ4v) is 3.31. The van der Waals surface area contributed by atoms with E-state index in [9.17, 15) is 18.0 Å². The molecule has 0 aromatic heterocycles. The molecule has 1 heterocycles. The molecule has 1 aliphatic rings. The number of amides is 1. The Morgan fingerprint density at radius 2 is 1.96 bits per heavy atom. The molecule has 2 aromatic carbocycles. The van der Waals surface area contributed by atoms with Gasteiger partial charge in [0.05, 0.1) is 5.56 Å². The van der Waals surface area contributed by atoms with Crippen LogP contribution in [0.1, 0.15) is 24.0 Å². The molecule has 138 valence electrons. The molecule has 0 fully saturated rings. The van der Waals surface area contributed by atoms with Crippen molar-refractivity contribution in [2.45, 2.75) is 25.4 Å². The molecule has 1 amide bonds. The summed E-state index contributed by atoms with van der Waals surface area (Å²) in [7, 11) is 0. The van der Waals surface area contributed by atoms with Crippen molar-refractivity contribution in [1.82, 2.24) is 0 Å². The Labute approximate surface area is 154 Å². The van der Waals surface area contributed by atoms with Crippen molar-refractivity contribution in [2.75, 3.05) is 23.3 Å². The lowest BCUT2D eigenvalue weighted by Gasteiger charge is -2.29. The Kier molecular flexibility index (Phi) is 5.41. The quantitative estimate of drug-likeness (QED) is 0.794. The Morgan fingerprint density at radius 1 is 1.19 bits per heavy atom. The van der Waals surface area contributed by atoms with Gasteiger partial charge in [-0.1, -0.05) is 29.8 Å². The number of benzene rings is 2. The summed E-state index contributed by atoms with van der Waals surface area (Å²) in [6.45, 7) is 0.743. The van der Waals surface area contributed by atoms with Gasteiger partial charge in [-0.25, -0.2) is 0 Å². The minimum Gasteiger partial charge on any atom is -0.384 e. The topological polar surface area (TPSA) is 32.3 Å². The second kappa shape index (κ2) is 7.58. The van der Waals surface area contributed by atoms with Crippen LogP contribution in [0.15, 0.2) is 42.5 Å². The normalized spacial score (nSPS) is 14.1. The maximum atomic E-state index is 13.1. The highest BCUT2D eigenvalue weighted by atomic mass is 35.5. The van der Waals surface area contributed by atoms with Crippen LogP contribution in [0, 0.1) is 0 Å². The summed E-state index contributed by atoms with van der Waals surface area (Å²) in [4.78, 5) is 14.2. The molecule has 0 aliphatic carbocycles. The zero-order chi connectivity index (χ0) is 18.7. The van der Waals surface area contributed by atoms with Gasteiger partial charge in [0.25, 0.3) is 0 Å². The molecule has 0 radical (unpaired) electrons. The number of carbonyl (C=O) groups excluding carboxylic acids is 1. The van der Waals surface area contributed by atoms with E-state index >= 15 is 0 Å². The van der Waals surface area contributed by atoms with Crippen LogP contribution in [0.2, 0.25) is 5.02 Å². The molecule has 1 aliphatic heterocycles. The van der Waals surface area contributed by atoms with Crippen molar-refractivity contribution in [3.8, 4) is 0 Å². The van der Waals surface area contributed by atoms with E-state index in [1.165, 1.54) is 12.1 Å². The first kappa shape index (κ1) is 18.6. The van der Waals surface area contributed by atoms with E-state index in [1.54, 1.807) is 4.90 Å². The van der Waals surface area contributed by atoms with Crippen molar-refractivity contribution in [2.24, 2.45) is 0 Å². The maximum Gasteiger partial charge on any atom is 0.418 e. The Balaban J connectivity index is 1.65. The van der Waals surface area contributed by atoms with Gasteiger partial charge in [-0.05, 0) is 42.7 Å². The fraction of sp³-hybridized carbons (Fsp3) is 0.316. The van der Waals surface area contributed by atoms with E-state index in [0.29, 0.717) is 6.54 Å². The molecule has 0 bridgehead atoms. The summed E-state index contributed by atoms with van der Waals surface area (Å²) in [5.41, 5.74) is 1.11. The molecular weight excluding hydrogens is 365 g/mol. The van der Waals surface area contributed by atoms with Crippen LogP contribution in [0.3, 0.4) is 0 Å². The third kappa shape index (κ3) is 4.12. The number of alkyl halides is 3. The van der Waals surface area contributed by atoms with Gasteiger partial charge in [0.2, 0.25) is 5.91 Å². The lowest BCUT2D eigenvalue weighted by atomic mass is 10.0. The van der Waals surface area contributed by atoms with Gasteiger partial charge in [-0.3, -0.25) is 4.79 Å². The number of rotatable bonds is 4. The number of hydrogen-bond acceptors (Lipinski definition) is 2. The average molecular weight is 383 g/mol. The molecule has 0 unspecified atom stereocenters. The summed E-state index contributed by atoms with van der Waals surface area (Å²) in [6, 6.07) is 11.3. The number of nitrogens with one attached hydrogen (secondary N) is 1. The highest BCUT2D eigenvalue weighted by molar-refractivity contribution is 6.30. The van der Waals surface area contributed by atoms with Crippen molar-refractivity contribution in [3.63, 3.8) is 0 Å². The number of carbonyl (C=O) groups is 1. The van der Waals surface area contributed by atoms with Gasteiger partial charge >= 0.3 is 6.18 Å². The van der Waals surface area contributed by atoms with E-state index in [2.05, 4.69) is 5.32 Å². The highest BCUT2D eigenvalue weighted by Crippen LogP contribution is 2.36. The third-order valence-corrected chi connectivity index (χ3v) is 4.59. The number of nitrogens with zero attached hydrogens (tertiary/aromatic N) is 1. The average Bonchev–Trinajstić information content (AvgIpc) is 2.61. The second-order valence-electron chi connectivity index (χ2n) is 6.14. The number of fused-ring (bicyclic) bond motifs is 1. The second-order valence-corrected chi connectivity index (χ2v) is 6.58. The first-order valence-electron chi connectivity index (χ1n) is 8.35. The zero-order valence-corrected chi connectivity index (χ0v) is 14.7. The van der Waals surface area contributed by atoms with Gasteiger partial charge in [0, 0.05) is 35.9 Å². The summed E-state index contributed by atoms with van der Waals surface area (Å²) in [5.74, 6) is -0.104. The Bertz CT molecular complexity index is 808. The van der Waals surface area contributed by atoms with E-state index in [0.717, 1.165) is 30.2 Å². The summed E-state index contributed by atoms with van der Waals surface area (Å²) in [6.07, 6.45) is -2.60. The van der Waals surface area contributed by atoms with Crippen LogP contribution in [0.25, 0.3) is 0 Å². The van der Waals surface area contributed by atoms with Crippen LogP contribution < -0.4 is 10.2 Å². The number of halogens is 4. The van der Waals surface area contributed by atoms with Gasteiger partial charge in [0.1, 0.15) is 0 Å². The monoisotopic (exact) mass is 382 g/mol. The number of anilines is 2. The van der Waals surface area contributed by atoms with Crippen molar-refractivity contribution in [1.29, 1.82) is 0 Å². The van der Waals surface area contributed by atoms with Crippen LogP contribution >= 0.6 is 11.6 Å². The molecule has 7 heteroatoms. The predicted octanol–water partition coefficient (Wildman–Crippen LogP) is 5.14.